The molecule has 5 heteroatoms. The van der Waals surface area contributed by atoms with Crippen LogP contribution in [0, 0.1) is 17.2 Å². The predicted octanol–water partition coefficient (Wildman–Crippen LogP) is 2.41. The highest BCUT2D eigenvalue weighted by atomic mass is 16.2. The van der Waals surface area contributed by atoms with E-state index in [9.17, 15) is 9.59 Å². The van der Waals surface area contributed by atoms with Gasteiger partial charge in [0.1, 0.15) is 6.42 Å². The second kappa shape index (κ2) is 6.89. The third-order valence-corrected chi connectivity index (χ3v) is 3.60. The quantitative estimate of drug-likeness (QED) is 0.926. The Balaban J connectivity index is 2.00. The summed E-state index contributed by atoms with van der Waals surface area (Å²) in [4.78, 5) is 25.6. The van der Waals surface area contributed by atoms with E-state index in [4.69, 9.17) is 5.26 Å². The standard InChI is InChI=1S/C16H19N3O2/c1-12-3-2-10-19(11-12)16(21)13-4-6-14(7-5-13)18-15(20)8-9-17/h4-7,12H,2-3,8,10-11H2,1H3,(H,18,20)/t12-/m0/s1. The average molecular weight is 285 g/mol. The van der Waals surface area contributed by atoms with Crippen LogP contribution < -0.4 is 5.32 Å². The van der Waals surface area contributed by atoms with E-state index in [-0.39, 0.29) is 18.2 Å². The lowest BCUT2D eigenvalue weighted by atomic mass is 9.99. The Bertz CT molecular complexity index is 560. The number of likely N-dealkylation sites (tertiary alicyclic amines) is 1. The fraction of sp³-hybridized carbons (Fsp3) is 0.438. The minimum atomic E-state index is -0.346. The smallest absolute Gasteiger partial charge is 0.253 e. The summed E-state index contributed by atoms with van der Waals surface area (Å²) in [6, 6.07) is 8.60. The molecular weight excluding hydrogens is 266 g/mol. The van der Waals surface area contributed by atoms with Gasteiger partial charge in [0.05, 0.1) is 6.07 Å². The van der Waals surface area contributed by atoms with Crippen molar-refractivity contribution in [3.8, 4) is 6.07 Å². The Labute approximate surface area is 124 Å². The van der Waals surface area contributed by atoms with Crippen LogP contribution in [0.4, 0.5) is 5.69 Å². The molecule has 1 heterocycles. The first-order valence-electron chi connectivity index (χ1n) is 7.16. The fourth-order valence-electron chi connectivity index (χ4n) is 2.53. The predicted molar refractivity (Wildman–Crippen MR) is 79.6 cm³/mol. The Hall–Kier alpha value is -2.35. The first kappa shape index (κ1) is 15.0. The Morgan fingerprint density at radius 1 is 1.38 bits per heavy atom. The molecule has 1 aliphatic rings. The Morgan fingerprint density at radius 2 is 2.10 bits per heavy atom. The lowest BCUT2D eigenvalue weighted by Gasteiger charge is -2.31. The summed E-state index contributed by atoms with van der Waals surface area (Å²) in [5.74, 6) is 0.241. The van der Waals surface area contributed by atoms with Crippen molar-refractivity contribution in [2.24, 2.45) is 5.92 Å². The molecule has 1 aromatic rings. The van der Waals surface area contributed by atoms with Gasteiger partial charge in [0.2, 0.25) is 5.91 Å². The third kappa shape index (κ3) is 4.06. The summed E-state index contributed by atoms with van der Waals surface area (Å²) in [6.07, 6.45) is 2.05. The van der Waals surface area contributed by atoms with Crippen molar-refractivity contribution in [2.75, 3.05) is 18.4 Å². The molecule has 110 valence electrons. The topological polar surface area (TPSA) is 73.2 Å². The van der Waals surface area contributed by atoms with E-state index in [0.29, 0.717) is 17.2 Å². The lowest BCUT2D eigenvalue weighted by Crippen LogP contribution is -2.39. The summed E-state index contributed by atoms with van der Waals surface area (Å²) in [5.41, 5.74) is 1.22. The maximum Gasteiger partial charge on any atom is 0.253 e. The number of nitrogens with zero attached hydrogens (tertiary/aromatic N) is 2. The lowest BCUT2D eigenvalue weighted by molar-refractivity contribution is -0.115. The number of rotatable bonds is 3. The van der Waals surface area contributed by atoms with Gasteiger partial charge in [0.15, 0.2) is 0 Å². The molecule has 1 saturated heterocycles. The monoisotopic (exact) mass is 285 g/mol. The largest absolute Gasteiger partial charge is 0.338 e. The molecule has 1 atom stereocenters. The molecule has 0 spiro atoms. The summed E-state index contributed by atoms with van der Waals surface area (Å²) >= 11 is 0. The van der Waals surface area contributed by atoms with Gasteiger partial charge in [-0.3, -0.25) is 9.59 Å². The number of nitrogens with one attached hydrogen (secondary N) is 1. The van der Waals surface area contributed by atoms with Crippen LogP contribution in [-0.4, -0.2) is 29.8 Å². The second-order valence-corrected chi connectivity index (χ2v) is 5.46. The average Bonchev–Trinajstić information content (AvgIpc) is 2.47. The number of amides is 2. The van der Waals surface area contributed by atoms with E-state index >= 15 is 0 Å². The number of hydrogen-bond acceptors (Lipinski definition) is 3. The number of benzene rings is 1. The molecule has 0 unspecified atom stereocenters. The van der Waals surface area contributed by atoms with E-state index in [1.807, 2.05) is 4.90 Å². The van der Waals surface area contributed by atoms with E-state index in [0.717, 1.165) is 19.5 Å². The molecule has 21 heavy (non-hydrogen) atoms. The van der Waals surface area contributed by atoms with Crippen LogP contribution in [0.1, 0.15) is 36.5 Å². The van der Waals surface area contributed by atoms with Crippen LogP contribution in [0.5, 0.6) is 0 Å². The highest BCUT2D eigenvalue weighted by molar-refractivity contribution is 5.96. The van der Waals surface area contributed by atoms with Crippen molar-refractivity contribution < 1.29 is 9.59 Å². The molecule has 0 aromatic heterocycles. The van der Waals surface area contributed by atoms with Gasteiger partial charge in [-0.05, 0) is 43.0 Å². The number of nitriles is 1. The van der Waals surface area contributed by atoms with Gasteiger partial charge < -0.3 is 10.2 Å². The van der Waals surface area contributed by atoms with Crippen molar-refractivity contribution >= 4 is 17.5 Å². The first-order chi connectivity index (χ1) is 10.1. The maximum atomic E-state index is 12.4. The molecule has 1 aromatic carbocycles. The minimum absolute atomic E-state index is 0.0384. The van der Waals surface area contributed by atoms with Crippen LogP contribution >= 0.6 is 0 Å². The zero-order chi connectivity index (χ0) is 15.2. The fourth-order valence-corrected chi connectivity index (χ4v) is 2.53. The molecular formula is C16H19N3O2. The molecule has 5 nitrogen and oxygen atoms in total. The molecule has 1 aliphatic heterocycles. The van der Waals surface area contributed by atoms with Crippen molar-refractivity contribution in [1.82, 2.24) is 4.90 Å². The van der Waals surface area contributed by atoms with Crippen molar-refractivity contribution in [1.29, 1.82) is 5.26 Å². The van der Waals surface area contributed by atoms with Gasteiger partial charge in [-0.25, -0.2) is 0 Å². The summed E-state index contributed by atoms with van der Waals surface area (Å²) in [6.45, 7) is 3.77. The number of hydrogen-bond donors (Lipinski definition) is 1. The highest BCUT2D eigenvalue weighted by Gasteiger charge is 2.21. The van der Waals surface area contributed by atoms with E-state index in [2.05, 4.69) is 12.2 Å². The summed E-state index contributed by atoms with van der Waals surface area (Å²) in [5, 5.41) is 11.0. The second-order valence-electron chi connectivity index (χ2n) is 5.46. The van der Waals surface area contributed by atoms with Crippen molar-refractivity contribution in [3.05, 3.63) is 29.8 Å². The van der Waals surface area contributed by atoms with Crippen LogP contribution in [0.2, 0.25) is 0 Å². The van der Waals surface area contributed by atoms with Crippen LogP contribution in [0.25, 0.3) is 0 Å². The van der Waals surface area contributed by atoms with Gasteiger partial charge in [-0.15, -0.1) is 0 Å². The van der Waals surface area contributed by atoms with Gasteiger partial charge in [-0.2, -0.15) is 5.26 Å². The zero-order valence-electron chi connectivity index (χ0n) is 12.1. The molecule has 0 saturated carbocycles. The van der Waals surface area contributed by atoms with Gasteiger partial charge in [-0.1, -0.05) is 6.92 Å². The summed E-state index contributed by atoms with van der Waals surface area (Å²) in [7, 11) is 0. The van der Waals surface area contributed by atoms with Crippen LogP contribution in [0.15, 0.2) is 24.3 Å². The van der Waals surface area contributed by atoms with Crippen molar-refractivity contribution in [3.63, 3.8) is 0 Å². The van der Waals surface area contributed by atoms with E-state index in [1.54, 1.807) is 30.3 Å². The number of anilines is 1. The normalized spacial score (nSPS) is 17.9. The molecule has 0 radical (unpaired) electrons. The maximum absolute atomic E-state index is 12.4. The third-order valence-electron chi connectivity index (χ3n) is 3.60. The van der Waals surface area contributed by atoms with E-state index in [1.165, 1.54) is 6.42 Å². The Morgan fingerprint density at radius 3 is 2.71 bits per heavy atom. The number of carbonyl (C=O) groups is 2. The number of carbonyl (C=O) groups excluding carboxylic acids is 2. The van der Waals surface area contributed by atoms with Gasteiger partial charge in [0.25, 0.3) is 5.91 Å². The Kier molecular flexibility index (Phi) is 4.94. The van der Waals surface area contributed by atoms with Crippen LogP contribution in [0.3, 0.4) is 0 Å². The summed E-state index contributed by atoms with van der Waals surface area (Å²) < 4.78 is 0. The number of piperidine rings is 1. The molecule has 2 rings (SSSR count). The molecule has 2 amide bonds. The zero-order valence-corrected chi connectivity index (χ0v) is 12.1. The first-order valence-corrected chi connectivity index (χ1v) is 7.16. The van der Waals surface area contributed by atoms with Crippen LogP contribution in [-0.2, 0) is 4.79 Å². The van der Waals surface area contributed by atoms with Crippen molar-refractivity contribution in [2.45, 2.75) is 26.2 Å². The van der Waals surface area contributed by atoms with Gasteiger partial charge in [0, 0.05) is 24.3 Å². The molecule has 1 fully saturated rings. The van der Waals surface area contributed by atoms with Gasteiger partial charge >= 0.3 is 0 Å². The highest BCUT2D eigenvalue weighted by Crippen LogP contribution is 2.19. The molecule has 0 bridgehead atoms. The SMILES string of the molecule is C[C@H]1CCCN(C(=O)c2ccc(NC(=O)CC#N)cc2)C1. The molecule has 0 aliphatic carbocycles. The van der Waals surface area contributed by atoms with E-state index < -0.39 is 0 Å². The minimum Gasteiger partial charge on any atom is -0.338 e. The molecule has 1 N–H and O–H groups in total.